The van der Waals surface area contributed by atoms with Crippen LogP contribution in [0.15, 0.2) is 41.3 Å². The van der Waals surface area contributed by atoms with E-state index in [0.29, 0.717) is 10.8 Å². The Morgan fingerprint density at radius 3 is 1.96 bits per heavy atom. The minimum Gasteiger partial charge on any atom is -0.377 e. The molecule has 2 rings (SSSR count). The summed E-state index contributed by atoms with van der Waals surface area (Å²) in [6.45, 7) is 1.11. The molecule has 0 aliphatic rings. The summed E-state index contributed by atoms with van der Waals surface area (Å²) in [6.07, 6.45) is -1.54. The first-order chi connectivity index (χ1) is 12.7. The first-order valence-electron chi connectivity index (χ1n) is 8.16. The number of rotatable bonds is 6. The topological polar surface area (TPSA) is 131 Å². The third-order valence-electron chi connectivity index (χ3n) is 3.19. The van der Waals surface area contributed by atoms with E-state index in [2.05, 4.69) is 4.29 Å². The molecule has 0 aromatic heterocycles. The molecule has 0 fully saturated rings. The zero-order valence-electron chi connectivity index (χ0n) is 16.7. The van der Waals surface area contributed by atoms with Gasteiger partial charge in [-0.05, 0) is 40.2 Å². The van der Waals surface area contributed by atoms with Crippen LogP contribution in [0.4, 0.5) is 5.69 Å². The van der Waals surface area contributed by atoms with Gasteiger partial charge in [0, 0.05) is 30.6 Å². The number of halogens is 1. The summed E-state index contributed by atoms with van der Waals surface area (Å²) in [5, 5.41) is 1.18. The molecule has 1 unspecified atom stereocenters. The van der Waals surface area contributed by atoms with Gasteiger partial charge >= 0.3 is 0 Å². The van der Waals surface area contributed by atoms with Crippen molar-refractivity contribution in [2.45, 2.75) is 18.0 Å². The number of nitrogens with zero attached hydrogens (tertiary/aromatic N) is 2. The number of fused-ring (bicyclic) bond motifs is 1. The van der Waals surface area contributed by atoms with Crippen molar-refractivity contribution < 1.29 is 36.9 Å². The van der Waals surface area contributed by atoms with Crippen LogP contribution in [0.3, 0.4) is 0 Å². The Hall–Kier alpha value is -1.50. The molecule has 0 aliphatic carbocycles. The predicted octanol–water partition coefficient (Wildman–Crippen LogP) is -1.38. The quantitative estimate of drug-likeness (QED) is 0.549. The van der Waals surface area contributed by atoms with E-state index in [1.165, 1.54) is 6.07 Å². The van der Waals surface area contributed by atoms with Crippen LogP contribution in [0.25, 0.3) is 10.8 Å². The number of sulfonamides is 1. The Kier molecular flexibility index (Phi) is 8.60. The minimum atomic E-state index is -4.74. The van der Waals surface area contributed by atoms with Gasteiger partial charge in [-0.15, -0.1) is 0 Å². The maximum atomic E-state index is 12.5. The number of hydrogen-bond acceptors (Lipinski definition) is 8. The second-order valence-corrected chi connectivity index (χ2v) is 9.21. The maximum absolute atomic E-state index is 12.5. The molecule has 1 N–H and O–H groups in total. The fraction of sp³-hybridized carbons (Fsp3) is 0.412. The molecule has 0 aliphatic heterocycles. The molecule has 28 heavy (non-hydrogen) atoms. The summed E-state index contributed by atoms with van der Waals surface area (Å²) in [7, 11) is 0.827. The van der Waals surface area contributed by atoms with Crippen molar-refractivity contribution in [1.82, 2.24) is 9.62 Å². The zero-order valence-corrected chi connectivity index (χ0v) is 18.2. The van der Waals surface area contributed by atoms with Gasteiger partial charge in [0.05, 0.1) is 19.4 Å². The first kappa shape index (κ1) is 24.5. The lowest BCUT2D eigenvalue weighted by molar-refractivity contribution is -1.92. The van der Waals surface area contributed by atoms with E-state index in [1.807, 2.05) is 55.8 Å². The lowest BCUT2D eigenvalue weighted by Crippen LogP contribution is -2.63. The number of anilines is 1. The van der Waals surface area contributed by atoms with Crippen molar-refractivity contribution in [2.24, 2.45) is 0 Å². The lowest BCUT2D eigenvalue weighted by Gasteiger charge is -2.19. The van der Waals surface area contributed by atoms with Crippen molar-refractivity contribution in [3.05, 3.63) is 36.4 Å². The Labute approximate surface area is 167 Å². The molecular weight excluding hydrogens is 410 g/mol. The van der Waals surface area contributed by atoms with Gasteiger partial charge in [0.15, 0.2) is 0 Å². The van der Waals surface area contributed by atoms with Crippen LogP contribution in [0.5, 0.6) is 0 Å². The van der Waals surface area contributed by atoms with Crippen molar-refractivity contribution in [2.75, 3.05) is 40.1 Å². The van der Waals surface area contributed by atoms with E-state index in [9.17, 15) is 22.4 Å². The molecule has 0 amide bonds. The molecule has 0 bridgehead atoms. The highest BCUT2D eigenvalue weighted by Gasteiger charge is 2.30. The van der Waals surface area contributed by atoms with E-state index in [-0.39, 0.29) is 4.90 Å². The smallest absolute Gasteiger partial charge is 0.275 e. The van der Waals surface area contributed by atoms with E-state index < -0.39 is 26.5 Å². The highest BCUT2D eigenvalue weighted by Crippen LogP contribution is 2.30. The average Bonchev–Trinajstić information content (AvgIpc) is 2.50. The van der Waals surface area contributed by atoms with Gasteiger partial charge in [0.1, 0.15) is 0 Å². The highest BCUT2D eigenvalue weighted by atomic mass is 35.7. The van der Waals surface area contributed by atoms with E-state index in [1.54, 1.807) is 24.3 Å². The molecule has 9 nitrogen and oxygen atoms in total. The summed E-state index contributed by atoms with van der Waals surface area (Å²) in [5.41, 5.74) is 0.828. The van der Waals surface area contributed by atoms with Gasteiger partial charge in [0.25, 0.3) is 6.23 Å². The molecule has 0 saturated carbocycles. The normalized spacial score (nSPS) is 13.2. The predicted molar refractivity (Wildman–Crippen MR) is 98.8 cm³/mol. The minimum absolute atomic E-state index is 0.0425. The van der Waals surface area contributed by atoms with Crippen LogP contribution in [-0.4, -0.2) is 54.8 Å². The molecule has 1 atom stereocenters. The summed E-state index contributed by atoms with van der Waals surface area (Å²) < 4.78 is 62.8. The van der Waals surface area contributed by atoms with Gasteiger partial charge in [-0.3, -0.25) is 0 Å². The summed E-state index contributed by atoms with van der Waals surface area (Å²) in [5.74, 6) is 0. The van der Waals surface area contributed by atoms with E-state index in [0.717, 1.165) is 12.6 Å². The molecule has 158 valence electrons. The van der Waals surface area contributed by atoms with Crippen LogP contribution in [0, 0.1) is 10.2 Å². The highest BCUT2D eigenvalue weighted by molar-refractivity contribution is 7.89. The molecule has 0 saturated heterocycles. The molecule has 0 heterocycles. The van der Waals surface area contributed by atoms with Crippen LogP contribution < -0.4 is 23.6 Å². The SMILES string of the molecule is CC(NS(=O)(=O)c1cccc2c(N(C)C)cccc12)O[Cl+3]([O-])([O-])[O-].CN(C)C. The van der Waals surface area contributed by atoms with Crippen LogP contribution in [0.1, 0.15) is 6.92 Å². The Morgan fingerprint density at radius 1 is 0.964 bits per heavy atom. The largest absolute Gasteiger partial charge is 0.377 e. The van der Waals surface area contributed by atoms with Gasteiger partial charge < -0.3 is 9.80 Å². The molecule has 2 aromatic rings. The van der Waals surface area contributed by atoms with Crippen molar-refractivity contribution in [1.29, 1.82) is 0 Å². The lowest BCUT2D eigenvalue weighted by atomic mass is 10.1. The van der Waals surface area contributed by atoms with E-state index in [4.69, 9.17) is 0 Å². The van der Waals surface area contributed by atoms with Crippen molar-refractivity contribution in [3.63, 3.8) is 0 Å². The standard InChI is InChI=1S/C14H17ClN2O6S.C3H9N/c1-10(23-15(18,19)20)16-24(21,22)14-9-5-6-11-12(14)7-4-8-13(11)17(2)3;1-4(2)3/h4-10,16H,1-3H3;1-3H3. The molecule has 0 radical (unpaired) electrons. The summed E-state index contributed by atoms with van der Waals surface area (Å²) in [4.78, 5) is 3.81. The second-order valence-electron chi connectivity index (χ2n) is 6.60. The third-order valence-corrected chi connectivity index (χ3v) is 5.26. The first-order valence-corrected chi connectivity index (χ1v) is 10.9. The number of benzene rings is 2. The van der Waals surface area contributed by atoms with Crippen molar-refractivity contribution in [3.8, 4) is 0 Å². The summed E-state index contributed by atoms with van der Waals surface area (Å²) >= 11 is 0. The fourth-order valence-corrected chi connectivity index (χ4v) is 4.11. The monoisotopic (exact) mass is 435 g/mol. The van der Waals surface area contributed by atoms with Crippen molar-refractivity contribution >= 4 is 26.5 Å². The second kappa shape index (κ2) is 9.81. The van der Waals surface area contributed by atoms with Gasteiger partial charge in [0.2, 0.25) is 10.0 Å². The average molecular weight is 436 g/mol. The Bertz CT molecular complexity index is 881. The van der Waals surface area contributed by atoms with Gasteiger partial charge in [-0.25, -0.2) is 8.42 Å². The summed E-state index contributed by atoms with van der Waals surface area (Å²) in [6, 6.07) is 9.96. The molecule has 0 spiro atoms. The Morgan fingerprint density at radius 2 is 1.46 bits per heavy atom. The zero-order chi connectivity index (χ0) is 21.7. The van der Waals surface area contributed by atoms with Gasteiger partial charge in [-0.2, -0.15) is 18.7 Å². The van der Waals surface area contributed by atoms with Crippen LogP contribution in [0.2, 0.25) is 0 Å². The molecular formula is C17H26ClN3O6S. The number of hydrogen-bond donors (Lipinski definition) is 1. The molecule has 11 heteroatoms. The van der Waals surface area contributed by atoms with Crippen LogP contribution >= 0.6 is 0 Å². The Balaban J connectivity index is 0.000000892. The van der Waals surface area contributed by atoms with E-state index >= 15 is 0 Å². The third kappa shape index (κ3) is 7.49. The number of nitrogens with one attached hydrogen (secondary N) is 1. The maximum Gasteiger partial charge on any atom is 0.275 e. The fourth-order valence-electron chi connectivity index (χ4n) is 2.35. The molecule has 2 aromatic carbocycles. The van der Waals surface area contributed by atoms with Crippen LogP contribution in [-0.2, 0) is 14.3 Å². The van der Waals surface area contributed by atoms with Gasteiger partial charge in [-0.1, -0.05) is 24.3 Å².